The Labute approximate surface area is 103 Å². The molecule has 2 heteroatoms. The number of anilines is 1. The Bertz CT molecular complexity index is 343. The van der Waals surface area contributed by atoms with E-state index in [1.807, 2.05) is 0 Å². The summed E-state index contributed by atoms with van der Waals surface area (Å²) in [5.74, 6) is 2.58. The topological polar surface area (TPSA) is 12.0 Å². The van der Waals surface area contributed by atoms with E-state index in [2.05, 4.69) is 49.1 Å². The number of hydrogen-bond donors (Lipinski definition) is 1. The molecule has 1 saturated heterocycles. The van der Waals surface area contributed by atoms with Crippen LogP contribution in [0.25, 0.3) is 0 Å². The van der Waals surface area contributed by atoms with Crippen LogP contribution >= 0.6 is 11.8 Å². The van der Waals surface area contributed by atoms with Gasteiger partial charge in [0.1, 0.15) is 0 Å². The second kappa shape index (κ2) is 5.62. The van der Waals surface area contributed by atoms with E-state index < -0.39 is 0 Å². The molecule has 0 radical (unpaired) electrons. The van der Waals surface area contributed by atoms with E-state index in [1.54, 1.807) is 0 Å². The monoisotopic (exact) mass is 235 g/mol. The van der Waals surface area contributed by atoms with Crippen molar-refractivity contribution in [1.29, 1.82) is 0 Å². The van der Waals surface area contributed by atoms with Gasteiger partial charge in [0.15, 0.2) is 0 Å². The summed E-state index contributed by atoms with van der Waals surface area (Å²) in [4.78, 5) is 0. The average Bonchev–Trinajstić information content (AvgIpc) is 2.82. The minimum Gasteiger partial charge on any atom is -0.381 e. The lowest BCUT2D eigenvalue weighted by Gasteiger charge is -2.17. The number of rotatable bonds is 4. The predicted molar refractivity (Wildman–Crippen MR) is 74.6 cm³/mol. The Hall–Kier alpha value is -0.630. The van der Waals surface area contributed by atoms with Crippen molar-refractivity contribution in [3.8, 4) is 0 Å². The molecule has 0 bridgehead atoms. The first-order valence-electron chi connectivity index (χ1n) is 6.29. The van der Waals surface area contributed by atoms with Crippen molar-refractivity contribution in [2.24, 2.45) is 0 Å². The van der Waals surface area contributed by atoms with Crippen LogP contribution in [-0.4, -0.2) is 17.5 Å². The minimum absolute atomic E-state index is 0.683. The highest BCUT2D eigenvalue weighted by Gasteiger charge is 2.16. The van der Waals surface area contributed by atoms with Gasteiger partial charge < -0.3 is 5.32 Å². The van der Waals surface area contributed by atoms with Gasteiger partial charge in [0, 0.05) is 17.5 Å². The number of aryl methyl sites for hydroxylation is 2. The molecule has 0 amide bonds. The standard InChI is InChI=1S/C14H21NS/c1-3-11-5-6-12(4-2)14(9-11)15-13-7-8-16-10-13/h5-6,9,13,15H,3-4,7-8,10H2,1-2H3. The van der Waals surface area contributed by atoms with Crippen LogP contribution in [0.3, 0.4) is 0 Å². The summed E-state index contributed by atoms with van der Waals surface area (Å²) in [6.07, 6.45) is 3.55. The quantitative estimate of drug-likeness (QED) is 0.853. The van der Waals surface area contributed by atoms with Gasteiger partial charge in [0.2, 0.25) is 0 Å². The third-order valence-electron chi connectivity index (χ3n) is 3.25. The van der Waals surface area contributed by atoms with Crippen molar-refractivity contribution in [2.45, 2.75) is 39.2 Å². The molecule has 1 unspecified atom stereocenters. The summed E-state index contributed by atoms with van der Waals surface area (Å²) >= 11 is 2.06. The van der Waals surface area contributed by atoms with Crippen molar-refractivity contribution < 1.29 is 0 Å². The zero-order chi connectivity index (χ0) is 11.4. The molecule has 1 fully saturated rings. The Kier molecular flexibility index (Phi) is 4.16. The molecule has 1 aliphatic rings. The van der Waals surface area contributed by atoms with Crippen LogP contribution in [0.4, 0.5) is 5.69 Å². The molecule has 1 N–H and O–H groups in total. The van der Waals surface area contributed by atoms with E-state index in [-0.39, 0.29) is 0 Å². The molecule has 88 valence electrons. The van der Waals surface area contributed by atoms with Crippen LogP contribution in [0.2, 0.25) is 0 Å². The van der Waals surface area contributed by atoms with Crippen molar-refractivity contribution in [1.82, 2.24) is 0 Å². The van der Waals surface area contributed by atoms with Gasteiger partial charge in [-0.15, -0.1) is 0 Å². The van der Waals surface area contributed by atoms with Crippen molar-refractivity contribution in [3.05, 3.63) is 29.3 Å². The first-order chi connectivity index (χ1) is 7.83. The molecular formula is C14H21NS. The van der Waals surface area contributed by atoms with Crippen LogP contribution in [0.5, 0.6) is 0 Å². The maximum atomic E-state index is 3.71. The summed E-state index contributed by atoms with van der Waals surface area (Å²) < 4.78 is 0. The zero-order valence-corrected chi connectivity index (χ0v) is 11.1. The third-order valence-corrected chi connectivity index (χ3v) is 4.42. The normalized spacial score (nSPS) is 20.0. The van der Waals surface area contributed by atoms with E-state index in [9.17, 15) is 0 Å². The first-order valence-corrected chi connectivity index (χ1v) is 7.45. The fourth-order valence-electron chi connectivity index (χ4n) is 2.15. The highest BCUT2D eigenvalue weighted by molar-refractivity contribution is 7.99. The molecule has 1 nitrogen and oxygen atoms in total. The van der Waals surface area contributed by atoms with Crippen LogP contribution < -0.4 is 5.32 Å². The van der Waals surface area contributed by atoms with Crippen molar-refractivity contribution in [3.63, 3.8) is 0 Å². The number of hydrogen-bond acceptors (Lipinski definition) is 2. The Balaban J connectivity index is 2.15. The summed E-state index contributed by atoms with van der Waals surface area (Å²) in [6, 6.07) is 7.56. The minimum atomic E-state index is 0.683. The van der Waals surface area contributed by atoms with Crippen molar-refractivity contribution in [2.75, 3.05) is 16.8 Å². The second-order valence-corrected chi connectivity index (χ2v) is 5.55. The van der Waals surface area contributed by atoms with Gasteiger partial charge in [-0.05, 0) is 42.2 Å². The van der Waals surface area contributed by atoms with Gasteiger partial charge in [-0.2, -0.15) is 11.8 Å². The SMILES string of the molecule is CCc1ccc(CC)c(NC2CCSC2)c1. The zero-order valence-electron chi connectivity index (χ0n) is 10.3. The van der Waals surface area contributed by atoms with Gasteiger partial charge in [0.25, 0.3) is 0 Å². The highest BCUT2D eigenvalue weighted by atomic mass is 32.2. The molecular weight excluding hydrogens is 214 g/mol. The molecule has 0 aliphatic carbocycles. The third kappa shape index (κ3) is 2.73. The molecule has 1 atom stereocenters. The van der Waals surface area contributed by atoms with E-state index in [4.69, 9.17) is 0 Å². The summed E-state index contributed by atoms with van der Waals surface area (Å²) in [5.41, 5.74) is 4.26. The van der Waals surface area contributed by atoms with Gasteiger partial charge in [-0.1, -0.05) is 26.0 Å². The molecule has 2 rings (SSSR count). The lowest BCUT2D eigenvalue weighted by atomic mass is 10.0. The van der Waals surface area contributed by atoms with E-state index in [0.29, 0.717) is 6.04 Å². The molecule has 0 spiro atoms. The van der Waals surface area contributed by atoms with Crippen LogP contribution in [0.15, 0.2) is 18.2 Å². The molecule has 1 aromatic carbocycles. The number of benzene rings is 1. The maximum Gasteiger partial charge on any atom is 0.0377 e. The number of thioether (sulfide) groups is 1. The fourth-order valence-corrected chi connectivity index (χ4v) is 3.31. The largest absolute Gasteiger partial charge is 0.381 e. The average molecular weight is 235 g/mol. The molecule has 1 heterocycles. The van der Waals surface area contributed by atoms with Crippen LogP contribution in [0, 0.1) is 0 Å². The van der Waals surface area contributed by atoms with Crippen molar-refractivity contribution >= 4 is 17.4 Å². The fraction of sp³-hybridized carbons (Fsp3) is 0.571. The van der Waals surface area contributed by atoms with Crippen LogP contribution in [-0.2, 0) is 12.8 Å². The van der Waals surface area contributed by atoms with E-state index in [0.717, 1.165) is 12.8 Å². The lowest BCUT2D eigenvalue weighted by Crippen LogP contribution is -2.19. The van der Waals surface area contributed by atoms with E-state index >= 15 is 0 Å². The summed E-state index contributed by atoms with van der Waals surface area (Å²) in [6.45, 7) is 4.45. The Morgan fingerprint density at radius 2 is 2.19 bits per heavy atom. The van der Waals surface area contributed by atoms with Gasteiger partial charge in [-0.25, -0.2) is 0 Å². The molecule has 16 heavy (non-hydrogen) atoms. The lowest BCUT2D eigenvalue weighted by molar-refractivity contribution is 0.810. The smallest absolute Gasteiger partial charge is 0.0377 e. The summed E-state index contributed by atoms with van der Waals surface area (Å²) in [7, 11) is 0. The highest BCUT2D eigenvalue weighted by Crippen LogP contribution is 2.25. The van der Waals surface area contributed by atoms with Gasteiger partial charge in [0.05, 0.1) is 0 Å². The Morgan fingerprint density at radius 1 is 1.31 bits per heavy atom. The van der Waals surface area contributed by atoms with Crippen LogP contribution in [0.1, 0.15) is 31.4 Å². The molecule has 1 aromatic rings. The predicted octanol–water partition coefficient (Wildman–Crippen LogP) is 3.73. The second-order valence-electron chi connectivity index (χ2n) is 4.40. The van der Waals surface area contributed by atoms with E-state index in [1.165, 1.54) is 34.7 Å². The molecule has 0 saturated carbocycles. The molecule has 1 aliphatic heterocycles. The molecule has 0 aromatic heterocycles. The van der Waals surface area contributed by atoms with Gasteiger partial charge in [-0.3, -0.25) is 0 Å². The number of nitrogens with one attached hydrogen (secondary N) is 1. The Morgan fingerprint density at radius 3 is 2.81 bits per heavy atom. The van der Waals surface area contributed by atoms with Gasteiger partial charge >= 0.3 is 0 Å². The maximum absolute atomic E-state index is 3.71. The summed E-state index contributed by atoms with van der Waals surface area (Å²) in [5, 5.41) is 3.71. The first kappa shape index (κ1) is 11.8.